The van der Waals surface area contributed by atoms with E-state index >= 15 is 0 Å². The number of carbonyl (C=O) groups is 1. The standard InChI is InChI=1S/C16H9F6N3O2S/c17-15(18,19)10-3-1-2-8(4-10)13-24-11(12(28-13)16(20,21)22)7-25-6-9(5-23-25)14(26)27/h1-6H,7H2,(H,26,27). The molecule has 0 aliphatic heterocycles. The molecule has 0 saturated carbocycles. The lowest BCUT2D eigenvalue weighted by Crippen LogP contribution is -2.10. The van der Waals surface area contributed by atoms with Crippen molar-refractivity contribution in [3.8, 4) is 10.6 Å². The zero-order valence-corrected chi connectivity index (χ0v) is 14.4. The molecule has 0 saturated heterocycles. The maximum atomic E-state index is 13.3. The van der Waals surface area contributed by atoms with Crippen LogP contribution in [0.1, 0.15) is 26.5 Å². The van der Waals surface area contributed by atoms with Crippen LogP contribution in [0.4, 0.5) is 26.3 Å². The van der Waals surface area contributed by atoms with E-state index in [1.807, 2.05) is 0 Å². The van der Waals surface area contributed by atoms with Crippen molar-refractivity contribution in [2.45, 2.75) is 18.9 Å². The summed E-state index contributed by atoms with van der Waals surface area (Å²) >= 11 is 0.210. The van der Waals surface area contributed by atoms with Gasteiger partial charge in [0.15, 0.2) is 0 Å². The van der Waals surface area contributed by atoms with Crippen LogP contribution in [0.2, 0.25) is 0 Å². The third-order valence-corrected chi connectivity index (χ3v) is 4.78. The summed E-state index contributed by atoms with van der Waals surface area (Å²) in [5, 5.41) is 12.3. The maximum absolute atomic E-state index is 13.3. The normalized spacial score (nSPS) is 12.4. The van der Waals surface area contributed by atoms with Crippen LogP contribution >= 0.6 is 11.3 Å². The third kappa shape index (κ3) is 4.16. The second kappa shape index (κ2) is 6.93. The van der Waals surface area contributed by atoms with Crippen molar-refractivity contribution in [3.05, 3.63) is 58.4 Å². The van der Waals surface area contributed by atoms with Crippen molar-refractivity contribution in [2.75, 3.05) is 0 Å². The van der Waals surface area contributed by atoms with Crippen molar-refractivity contribution in [3.63, 3.8) is 0 Å². The number of carboxylic acid groups (broad SMARTS) is 1. The predicted molar refractivity (Wildman–Crippen MR) is 85.8 cm³/mol. The Morgan fingerprint density at radius 3 is 2.43 bits per heavy atom. The molecule has 2 aromatic heterocycles. The van der Waals surface area contributed by atoms with Crippen molar-refractivity contribution >= 4 is 17.3 Å². The second-order valence-electron chi connectivity index (χ2n) is 5.60. The van der Waals surface area contributed by atoms with Crippen LogP contribution in [0.25, 0.3) is 10.6 Å². The van der Waals surface area contributed by atoms with Gasteiger partial charge in [0, 0.05) is 11.8 Å². The van der Waals surface area contributed by atoms with E-state index in [0.29, 0.717) is 0 Å². The van der Waals surface area contributed by atoms with Gasteiger partial charge in [0.2, 0.25) is 0 Å². The average molecular weight is 421 g/mol. The molecule has 2 heterocycles. The van der Waals surface area contributed by atoms with Gasteiger partial charge in [-0.2, -0.15) is 31.4 Å². The number of hydrogen-bond acceptors (Lipinski definition) is 4. The van der Waals surface area contributed by atoms with E-state index in [-0.39, 0.29) is 27.5 Å². The van der Waals surface area contributed by atoms with Gasteiger partial charge in [-0.05, 0) is 12.1 Å². The Morgan fingerprint density at radius 1 is 1.14 bits per heavy atom. The molecule has 0 bridgehead atoms. The summed E-state index contributed by atoms with van der Waals surface area (Å²) in [4.78, 5) is 13.6. The highest BCUT2D eigenvalue weighted by atomic mass is 32.1. The SMILES string of the molecule is O=C(O)c1cnn(Cc2nc(-c3cccc(C(F)(F)F)c3)sc2C(F)(F)F)c1. The largest absolute Gasteiger partial charge is 0.478 e. The Balaban J connectivity index is 2.02. The van der Waals surface area contributed by atoms with E-state index < -0.39 is 41.0 Å². The van der Waals surface area contributed by atoms with Crippen LogP contribution in [-0.2, 0) is 18.9 Å². The van der Waals surface area contributed by atoms with Gasteiger partial charge in [0.1, 0.15) is 9.88 Å². The molecular weight excluding hydrogens is 412 g/mol. The molecule has 0 aliphatic rings. The minimum absolute atomic E-state index is 0.108. The van der Waals surface area contributed by atoms with Gasteiger partial charge in [-0.15, -0.1) is 11.3 Å². The molecule has 0 aliphatic carbocycles. The first-order valence-corrected chi connectivity index (χ1v) is 8.27. The lowest BCUT2D eigenvalue weighted by atomic mass is 10.1. The summed E-state index contributed by atoms with van der Waals surface area (Å²) in [7, 11) is 0. The molecule has 3 aromatic rings. The molecule has 0 amide bonds. The van der Waals surface area contributed by atoms with Gasteiger partial charge in [-0.3, -0.25) is 4.68 Å². The summed E-state index contributed by atoms with van der Waals surface area (Å²) < 4.78 is 79.6. The molecule has 0 atom stereocenters. The molecule has 3 rings (SSSR count). The van der Waals surface area contributed by atoms with Gasteiger partial charge in [0.05, 0.1) is 29.6 Å². The molecule has 0 unspecified atom stereocenters. The highest BCUT2D eigenvalue weighted by Crippen LogP contribution is 2.41. The van der Waals surface area contributed by atoms with Gasteiger partial charge >= 0.3 is 18.3 Å². The number of alkyl halides is 6. The molecule has 1 aromatic carbocycles. The number of carboxylic acids is 1. The number of nitrogens with zero attached hydrogens (tertiary/aromatic N) is 3. The number of hydrogen-bond donors (Lipinski definition) is 1. The maximum Gasteiger partial charge on any atom is 0.427 e. The van der Waals surface area contributed by atoms with E-state index in [0.717, 1.165) is 35.3 Å². The van der Waals surface area contributed by atoms with Crippen LogP contribution in [-0.4, -0.2) is 25.8 Å². The zero-order chi connectivity index (χ0) is 20.7. The smallest absolute Gasteiger partial charge is 0.427 e. The Labute approximate surface area is 156 Å². The Morgan fingerprint density at radius 2 is 1.86 bits per heavy atom. The van der Waals surface area contributed by atoms with Crippen LogP contribution in [0, 0.1) is 0 Å². The summed E-state index contributed by atoms with van der Waals surface area (Å²) in [6.45, 7) is -0.489. The molecular formula is C16H9F6N3O2S. The first kappa shape index (κ1) is 19.9. The van der Waals surface area contributed by atoms with E-state index in [1.54, 1.807) is 0 Å². The predicted octanol–water partition coefficient (Wildman–Crippen LogP) is 4.79. The van der Waals surface area contributed by atoms with Crippen LogP contribution < -0.4 is 0 Å². The van der Waals surface area contributed by atoms with Gasteiger partial charge < -0.3 is 5.11 Å². The second-order valence-corrected chi connectivity index (χ2v) is 6.60. The number of benzene rings is 1. The Bertz CT molecular complexity index is 1020. The van der Waals surface area contributed by atoms with Crippen molar-refractivity contribution < 1.29 is 36.2 Å². The van der Waals surface area contributed by atoms with E-state index in [1.165, 1.54) is 6.07 Å². The average Bonchev–Trinajstić information content (AvgIpc) is 3.21. The molecule has 0 radical (unpaired) electrons. The summed E-state index contributed by atoms with van der Waals surface area (Å²) in [5.74, 6) is -1.30. The van der Waals surface area contributed by atoms with Crippen molar-refractivity contribution in [1.29, 1.82) is 0 Å². The molecule has 0 spiro atoms. The van der Waals surface area contributed by atoms with E-state index in [2.05, 4.69) is 10.1 Å². The summed E-state index contributed by atoms with van der Waals surface area (Å²) in [6.07, 6.45) is -7.43. The molecule has 12 heteroatoms. The minimum Gasteiger partial charge on any atom is -0.478 e. The zero-order valence-electron chi connectivity index (χ0n) is 13.5. The highest BCUT2D eigenvalue weighted by Gasteiger charge is 2.38. The van der Waals surface area contributed by atoms with E-state index in [9.17, 15) is 31.1 Å². The molecule has 148 valence electrons. The van der Waals surface area contributed by atoms with Crippen molar-refractivity contribution in [2.24, 2.45) is 0 Å². The minimum atomic E-state index is -4.78. The molecule has 0 fully saturated rings. The first-order chi connectivity index (χ1) is 12.9. The number of thiazole rings is 1. The molecule has 5 nitrogen and oxygen atoms in total. The number of aromatic nitrogens is 3. The van der Waals surface area contributed by atoms with E-state index in [4.69, 9.17) is 5.11 Å². The lowest BCUT2D eigenvalue weighted by Gasteiger charge is -2.07. The summed E-state index contributed by atoms with van der Waals surface area (Å²) in [5.41, 5.74) is -1.80. The molecule has 28 heavy (non-hydrogen) atoms. The Kier molecular flexibility index (Phi) is 4.91. The third-order valence-electron chi connectivity index (χ3n) is 3.58. The fourth-order valence-electron chi connectivity index (χ4n) is 2.35. The number of aromatic carboxylic acids is 1. The van der Waals surface area contributed by atoms with Gasteiger partial charge in [-0.1, -0.05) is 12.1 Å². The van der Waals surface area contributed by atoms with Crippen LogP contribution in [0.15, 0.2) is 36.7 Å². The quantitative estimate of drug-likeness (QED) is 0.615. The molecule has 1 N–H and O–H groups in total. The van der Waals surface area contributed by atoms with Crippen LogP contribution in [0.3, 0.4) is 0 Å². The lowest BCUT2D eigenvalue weighted by molar-refractivity contribution is -0.137. The topological polar surface area (TPSA) is 68.0 Å². The van der Waals surface area contributed by atoms with Gasteiger partial charge in [-0.25, -0.2) is 9.78 Å². The summed E-state index contributed by atoms with van der Waals surface area (Å²) in [6, 6.07) is 3.84. The fraction of sp³-hybridized carbons (Fsp3) is 0.188. The van der Waals surface area contributed by atoms with Crippen LogP contribution in [0.5, 0.6) is 0 Å². The monoisotopic (exact) mass is 421 g/mol. The number of halogens is 6. The number of rotatable bonds is 4. The fourth-order valence-corrected chi connectivity index (χ4v) is 3.28. The van der Waals surface area contributed by atoms with Gasteiger partial charge in [0.25, 0.3) is 0 Å². The highest BCUT2D eigenvalue weighted by molar-refractivity contribution is 7.15. The Hall–Kier alpha value is -2.89. The first-order valence-electron chi connectivity index (χ1n) is 7.45. The van der Waals surface area contributed by atoms with Crippen molar-refractivity contribution in [1.82, 2.24) is 14.8 Å².